The van der Waals surface area contributed by atoms with E-state index >= 15 is 0 Å². The van der Waals surface area contributed by atoms with E-state index in [1.807, 2.05) is 6.08 Å². The lowest BCUT2D eigenvalue weighted by molar-refractivity contribution is -0.697. The molecule has 1 aromatic heterocycles. The van der Waals surface area contributed by atoms with E-state index < -0.39 is 0 Å². The van der Waals surface area contributed by atoms with E-state index in [0.29, 0.717) is 0 Å². The fourth-order valence-electron chi connectivity index (χ4n) is 2.36. The zero-order valence-electron chi connectivity index (χ0n) is 12.6. The number of hydrogen-bond acceptors (Lipinski definition) is 0. The lowest BCUT2D eigenvalue weighted by atomic mass is 10.1. The van der Waals surface area contributed by atoms with Gasteiger partial charge in [-0.2, -0.15) is 0 Å². The van der Waals surface area contributed by atoms with Gasteiger partial charge in [-0.15, -0.1) is 0 Å². The number of nitrogens with zero attached hydrogens (tertiary/aromatic N) is 1. The van der Waals surface area contributed by atoms with Crippen molar-refractivity contribution in [3.05, 3.63) is 36.7 Å². The Balaban J connectivity index is 1.96. The fourth-order valence-corrected chi connectivity index (χ4v) is 2.36. The van der Waals surface area contributed by atoms with Crippen molar-refractivity contribution in [2.75, 3.05) is 0 Å². The van der Waals surface area contributed by atoms with Crippen LogP contribution in [0.2, 0.25) is 0 Å². The van der Waals surface area contributed by atoms with Crippen molar-refractivity contribution in [3.8, 4) is 0 Å². The van der Waals surface area contributed by atoms with Gasteiger partial charge in [0.15, 0.2) is 12.4 Å². The molecule has 106 valence electrons. The minimum atomic E-state index is 1.15. The summed E-state index contributed by atoms with van der Waals surface area (Å²) in [6, 6.07) is 4.25. The van der Waals surface area contributed by atoms with Gasteiger partial charge in [-0.25, -0.2) is 4.57 Å². The first-order chi connectivity index (χ1) is 9.36. The van der Waals surface area contributed by atoms with Gasteiger partial charge in [0.05, 0.1) is 0 Å². The van der Waals surface area contributed by atoms with Gasteiger partial charge in [-0.1, -0.05) is 64.5 Å². The van der Waals surface area contributed by atoms with Crippen LogP contribution < -0.4 is 4.57 Å². The summed E-state index contributed by atoms with van der Waals surface area (Å²) in [6.07, 6.45) is 18.7. The molecule has 0 fully saturated rings. The van der Waals surface area contributed by atoms with E-state index in [-0.39, 0.29) is 0 Å². The molecule has 1 heteroatoms. The summed E-state index contributed by atoms with van der Waals surface area (Å²) in [6.45, 7) is 7.20. The first kappa shape index (κ1) is 15.9. The van der Waals surface area contributed by atoms with Crippen LogP contribution in [-0.2, 0) is 6.54 Å². The minimum Gasteiger partial charge on any atom is -0.205 e. The molecule has 1 nitrogen and oxygen atoms in total. The van der Waals surface area contributed by atoms with Crippen LogP contribution in [0, 0.1) is 0 Å². The summed E-state index contributed by atoms with van der Waals surface area (Å²) >= 11 is 0. The molecule has 0 saturated heterocycles. The summed E-state index contributed by atoms with van der Waals surface area (Å²) in [5, 5.41) is 0. The number of pyridine rings is 1. The lowest BCUT2D eigenvalue weighted by Crippen LogP contribution is -2.32. The third kappa shape index (κ3) is 7.81. The molecule has 0 aliphatic rings. The van der Waals surface area contributed by atoms with Crippen LogP contribution in [0.3, 0.4) is 0 Å². The smallest absolute Gasteiger partial charge is 0.169 e. The van der Waals surface area contributed by atoms with Crippen LogP contribution in [0.4, 0.5) is 0 Å². The molecule has 0 bridgehead atoms. The molecule has 0 aliphatic heterocycles. The average molecular weight is 260 g/mol. The third-order valence-corrected chi connectivity index (χ3v) is 3.67. The number of hydrogen-bond donors (Lipinski definition) is 0. The fraction of sp³-hybridized carbons (Fsp3) is 0.611. The van der Waals surface area contributed by atoms with Crippen molar-refractivity contribution in [1.82, 2.24) is 0 Å². The Morgan fingerprint density at radius 1 is 0.895 bits per heavy atom. The van der Waals surface area contributed by atoms with Crippen LogP contribution in [0.1, 0.15) is 70.3 Å². The highest BCUT2D eigenvalue weighted by Gasteiger charge is 1.99. The zero-order chi connectivity index (χ0) is 13.8. The standard InChI is InChI=1S/C18H30N/c1-3-5-6-7-8-9-10-11-12-15-19-16-13-18(4-2)14-17-19/h4,13-14,16-17H,2-3,5-12,15H2,1H3/q+1. The van der Waals surface area contributed by atoms with E-state index in [1.54, 1.807) is 0 Å². The molecule has 1 aromatic rings. The molecule has 0 saturated carbocycles. The van der Waals surface area contributed by atoms with Crippen molar-refractivity contribution < 1.29 is 4.57 Å². The molecule has 0 spiro atoms. The largest absolute Gasteiger partial charge is 0.205 e. The Hall–Kier alpha value is -1.11. The maximum atomic E-state index is 3.77. The molecule has 0 atom stereocenters. The first-order valence-corrected chi connectivity index (χ1v) is 7.98. The Bertz CT molecular complexity index is 326. The molecule has 0 aromatic carbocycles. The Labute approximate surface area is 119 Å². The molecule has 0 amide bonds. The number of aryl methyl sites for hydroxylation is 1. The second-order valence-corrected chi connectivity index (χ2v) is 5.40. The monoisotopic (exact) mass is 260 g/mol. The van der Waals surface area contributed by atoms with Gasteiger partial charge >= 0.3 is 0 Å². The molecule has 0 N–H and O–H groups in total. The van der Waals surface area contributed by atoms with Gasteiger partial charge in [-0.05, 0) is 12.0 Å². The molecule has 1 heterocycles. The van der Waals surface area contributed by atoms with E-state index in [9.17, 15) is 0 Å². The van der Waals surface area contributed by atoms with Gasteiger partial charge in [0.1, 0.15) is 6.54 Å². The highest BCUT2D eigenvalue weighted by molar-refractivity contribution is 5.44. The van der Waals surface area contributed by atoms with Crippen LogP contribution in [0.5, 0.6) is 0 Å². The summed E-state index contributed by atoms with van der Waals surface area (Å²) in [7, 11) is 0. The second kappa shape index (κ2) is 10.8. The predicted molar refractivity (Wildman–Crippen MR) is 84.0 cm³/mol. The Morgan fingerprint density at radius 3 is 1.95 bits per heavy atom. The zero-order valence-corrected chi connectivity index (χ0v) is 12.6. The topological polar surface area (TPSA) is 3.88 Å². The minimum absolute atomic E-state index is 1.15. The van der Waals surface area contributed by atoms with E-state index in [1.165, 1.54) is 63.4 Å². The summed E-state index contributed by atoms with van der Waals surface area (Å²) in [4.78, 5) is 0. The number of aromatic nitrogens is 1. The molecule has 0 aliphatic carbocycles. The summed E-state index contributed by atoms with van der Waals surface area (Å²) in [5.74, 6) is 0. The Morgan fingerprint density at radius 2 is 1.42 bits per heavy atom. The van der Waals surface area contributed by atoms with Gasteiger partial charge in [0.25, 0.3) is 0 Å². The SMILES string of the molecule is C=Cc1cc[n+](CCCCCCCCCCC)cc1. The van der Waals surface area contributed by atoms with Crippen LogP contribution in [0.15, 0.2) is 31.1 Å². The third-order valence-electron chi connectivity index (χ3n) is 3.67. The number of rotatable bonds is 11. The summed E-state index contributed by atoms with van der Waals surface area (Å²) < 4.78 is 2.27. The second-order valence-electron chi connectivity index (χ2n) is 5.40. The maximum absolute atomic E-state index is 3.77. The maximum Gasteiger partial charge on any atom is 0.169 e. The van der Waals surface area contributed by atoms with Crippen molar-refractivity contribution >= 4 is 6.08 Å². The Kier molecular flexibility index (Phi) is 9.05. The van der Waals surface area contributed by atoms with Gasteiger partial charge in [0.2, 0.25) is 0 Å². The van der Waals surface area contributed by atoms with E-state index in [0.717, 1.165) is 6.54 Å². The number of unbranched alkanes of at least 4 members (excludes halogenated alkanes) is 8. The predicted octanol–water partition coefficient (Wildman–Crippen LogP) is 5.15. The molecule has 1 rings (SSSR count). The van der Waals surface area contributed by atoms with E-state index in [2.05, 4.69) is 42.6 Å². The molecular weight excluding hydrogens is 230 g/mol. The highest BCUT2D eigenvalue weighted by atomic mass is 14.9. The quantitative estimate of drug-likeness (QED) is 0.383. The molecule has 0 radical (unpaired) electrons. The van der Waals surface area contributed by atoms with Crippen LogP contribution >= 0.6 is 0 Å². The highest BCUT2D eigenvalue weighted by Crippen LogP contribution is 2.09. The van der Waals surface area contributed by atoms with Gasteiger partial charge in [-0.3, -0.25) is 0 Å². The van der Waals surface area contributed by atoms with Crippen LogP contribution in [0.25, 0.3) is 6.08 Å². The van der Waals surface area contributed by atoms with Crippen LogP contribution in [-0.4, -0.2) is 0 Å². The summed E-state index contributed by atoms with van der Waals surface area (Å²) in [5.41, 5.74) is 1.20. The molecule has 19 heavy (non-hydrogen) atoms. The van der Waals surface area contributed by atoms with E-state index in [4.69, 9.17) is 0 Å². The van der Waals surface area contributed by atoms with Crippen molar-refractivity contribution in [2.45, 2.75) is 71.3 Å². The van der Waals surface area contributed by atoms with Crippen molar-refractivity contribution in [3.63, 3.8) is 0 Å². The van der Waals surface area contributed by atoms with Gasteiger partial charge in [0, 0.05) is 18.6 Å². The first-order valence-electron chi connectivity index (χ1n) is 7.98. The molecular formula is C18H30N+. The molecule has 0 unspecified atom stereocenters. The average Bonchev–Trinajstić information content (AvgIpc) is 2.46. The van der Waals surface area contributed by atoms with Gasteiger partial charge < -0.3 is 0 Å². The van der Waals surface area contributed by atoms with Crippen molar-refractivity contribution in [1.29, 1.82) is 0 Å². The van der Waals surface area contributed by atoms with Crippen molar-refractivity contribution in [2.24, 2.45) is 0 Å². The lowest BCUT2D eigenvalue weighted by Gasteiger charge is -2.01. The normalized spacial score (nSPS) is 10.6.